The van der Waals surface area contributed by atoms with Gasteiger partial charge in [0, 0.05) is 24.9 Å². The molecule has 2 amide bonds. The Balaban J connectivity index is 1.55. The number of hydrogen-bond acceptors (Lipinski definition) is 5. The smallest absolute Gasteiger partial charge is 0.407 e. The first-order valence-corrected chi connectivity index (χ1v) is 10.9. The van der Waals surface area contributed by atoms with Crippen LogP contribution in [0.3, 0.4) is 0 Å². The Morgan fingerprint density at radius 3 is 2.59 bits per heavy atom. The third-order valence-corrected chi connectivity index (χ3v) is 6.38. The summed E-state index contributed by atoms with van der Waals surface area (Å²) in [4.78, 5) is 26.0. The average Bonchev–Trinajstić information content (AvgIpc) is 2.82. The third kappa shape index (κ3) is 4.63. The number of carbonyl (C=O) groups is 2. The van der Waals surface area contributed by atoms with Crippen LogP contribution in [0.2, 0.25) is 0 Å². The Morgan fingerprint density at radius 1 is 1.21 bits per heavy atom. The fraction of sp³-hybridized carbons (Fsp3) is 0.417. The molecule has 1 fully saturated rings. The maximum absolute atomic E-state index is 14.9. The molecule has 0 unspecified atom stereocenters. The molecule has 0 spiro atoms. The third-order valence-electron chi connectivity index (χ3n) is 6.38. The summed E-state index contributed by atoms with van der Waals surface area (Å²) in [5.74, 6) is 0.0998. The van der Waals surface area contributed by atoms with Crippen molar-refractivity contribution in [3.05, 3.63) is 53.3 Å². The number of anilines is 1. The molecule has 0 aromatic heterocycles. The second kappa shape index (κ2) is 9.46. The summed E-state index contributed by atoms with van der Waals surface area (Å²) in [6.45, 7) is -0.758. The van der Waals surface area contributed by atoms with Crippen molar-refractivity contribution in [2.75, 3.05) is 31.7 Å². The molecule has 10 heteroatoms. The van der Waals surface area contributed by atoms with Gasteiger partial charge in [-0.15, -0.1) is 0 Å². The first-order chi connectivity index (χ1) is 16.2. The number of methoxy groups -OCH3 is 1. The molecule has 4 rings (SSSR count). The lowest BCUT2D eigenvalue weighted by Gasteiger charge is -2.39. The lowest BCUT2D eigenvalue weighted by Crippen LogP contribution is -2.57. The molecule has 2 N–H and O–H groups in total. The number of nitrogens with zero attached hydrogens (tertiary/aromatic N) is 2. The van der Waals surface area contributed by atoms with Gasteiger partial charge in [-0.3, -0.25) is 4.79 Å². The van der Waals surface area contributed by atoms with E-state index in [-0.39, 0.29) is 49.7 Å². The van der Waals surface area contributed by atoms with Crippen molar-refractivity contribution in [1.82, 2.24) is 4.90 Å². The van der Waals surface area contributed by atoms with Crippen molar-refractivity contribution in [2.24, 2.45) is 0 Å². The highest BCUT2D eigenvalue weighted by molar-refractivity contribution is 5.97. The number of ether oxygens (including phenoxy) is 2. The quantitative estimate of drug-likeness (QED) is 0.665. The van der Waals surface area contributed by atoms with Crippen LogP contribution in [0.15, 0.2) is 36.4 Å². The van der Waals surface area contributed by atoms with E-state index in [1.807, 2.05) is 0 Å². The van der Waals surface area contributed by atoms with Crippen molar-refractivity contribution >= 4 is 17.7 Å². The van der Waals surface area contributed by atoms with E-state index < -0.39 is 36.8 Å². The first-order valence-electron chi connectivity index (χ1n) is 10.9. The van der Waals surface area contributed by atoms with Gasteiger partial charge in [-0.05, 0) is 36.2 Å². The Morgan fingerprint density at radius 2 is 1.94 bits per heavy atom. The van der Waals surface area contributed by atoms with Crippen LogP contribution in [-0.2, 0) is 17.8 Å². The van der Waals surface area contributed by atoms with E-state index >= 15 is 0 Å². The number of piperidine rings is 1. The molecule has 0 radical (unpaired) electrons. The predicted octanol–water partition coefficient (Wildman–Crippen LogP) is 3.15. The van der Waals surface area contributed by atoms with Gasteiger partial charge in [-0.2, -0.15) is 0 Å². The normalized spacial score (nSPS) is 22.4. The van der Waals surface area contributed by atoms with Crippen LogP contribution in [0, 0.1) is 5.82 Å². The molecule has 2 aliphatic heterocycles. The molecule has 0 bridgehead atoms. The monoisotopic (exact) mass is 476 g/mol. The molecule has 0 saturated carbocycles. The molecule has 8 nitrogen and oxygen atoms in total. The maximum atomic E-state index is 14.9. The van der Waals surface area contributed by atoms with Gasteiger partial charge in [-0.1, -0.05) is 12.1 Å². The molecule has 2 atom stereocenters. The molecule has 2 aliphatic rings. The number of carboxylic acid groups (broad SMARTS) is 1. The van der Waals surface area contributed by atoms with Crippen molar-refractivity contribution in [2.45, 2.75) is 37.6 Å². The minimum atomic E-state index is -1.87. The Labute approximate surface area is 195 Å². The fourth-order valence-corrected chi connectivity index (χ4v) is 4.31. The van der Waals surface area contributed by atoms with Gasteiger partial charge >= 0.3 is 6.09 Å². The van der Waals surface area contributed by atoms with E-state index in [4.69, 9.17) is 14.6 Å². The minimum absolute atomic E-state index is 0.0265. The van der Waals surface area contributed by atoms with Gasteiger partial charge < -0.3 is 29.5 Å². The number of rotatable bonds is 6. The zero-order valence-electron chi connectivity index (χ0n) is 18.7. The molecule has 0 aliphatic carbocycles. The van der Waals surface area contributed by atoms with E-state index in [0.29, 0.717) is 11.3 Å². The van der Waals surface area contributed by atoms with E-state index in [1.165, 1.54) is 17.0 Å². The van der Waals surface area contributed by atoms with Crippen LogP contribution in [-0.4, -0.2) is 65.7 Å². The summed E-state index contributed by atoms with van der Waals surface area (Å²) in [6, 6.07) is 9.67. The van der Waals surface area contributed by atoms with Crippen LogP contribution in [0.4, 0.5) is 19.3 Å². The first kappa shape index (κ1) is 23.7. The summed E-state index contributed by atoms with van der Waals surface area (Å²) in [5, 5.41) is 19.8. The van der Waals surface area contributed by atoms with Crippen LogP contribution in [0.25, 0.3) is 0 Å². The Bertz CT molecular complexity index is 1080. The largest absolute Gasteiger partial charge is 0.497 e. The van der Waals surface area contributed by atoms with E-state index in [1.54, 1.807) is 31.4 Å². The predicted molar refractivity (Wildman–Crippen MR) is 118 cm³/mol. The standard InChI is InChI=1S/C24H26F2N2O6/c1-33-16-4-2-15(3-5-16)12-28-21(29)9-6-17-19(8-7-18(25)22(17)28)34-14-24(32)10-11-27(23(30)31)13-20(24)26/h2-5,7-8,20,32H,6,9-14H2,1H3,(H,30,31)/t20-,24+/m1/s1. The van der Waals surface area contributed by atoms with Crippen molar-refractivity contribution < 1.29 is 38.1 Å². The molecule has 2 aromatic carbocycles. The number of fused-ring (bicyclic) bond motifs is 1. The van der Waals surface area contributed by atoms with Gasteiger partial charge in [0.25, 0.3) is 0 Å². The second-order valence-electron chi connectivity index (χ2n) is 8.54. The number of carbonyl (C=O) groups excluding carboxylic acids is 1. The Kier molecular flexibility index (Phi) is 6.60. The number of halogens is 2. The SMILES string of the molecule is COc1ccc(CN2C(=O)CCc3c(OC[C@@]4(O)CCN(C(=O)O)C[C@H]4F)ccc(F)c32)cc1. The summed E-state index contributed by atoms with van der Waals surface area (Å²) in [5.41, 5.74) is -0.517. The van der Waals surface area contributed by atoms with Gasteiger partial charge in [0.15, 0.2) is 0 Å². The van der Waals surface area contributed by atoms with E-state index in [2.05, 4.69) is 0 Å². The van der Waals surface area contributed by atoms with Crippen molar-refractivity contribution in [3.8, 4) is 11.5 Å². The highest BCUT2D eigenvalue weighted by Gasteiger charge is 2.44. The highest BCUT2D eigenvalue weighted by Crippen LogP contribution is 2.39. The van der Waals surface area contributed by atoms with Gasteiger partial charge in [-0.25, -0.2) is 13.6 Å². The molecule has 182 valence electrons. The van der Waals surface area contributed by atoms with E-state index in [0.717, 1.165) is 10.5 Å². The maximum Gasteiger partial charge on any atom is 0.407 e. The number of likely N-dealkylation sites (tertiary alicyclic amines) is 1. The fourth-order valence-electron chi connectivity index (χ4n) is 4.31. The summed E-state index contributed by atoms with van der Waals surface area (Å²) in [6.07, 6.45) is -2.83. The number of hydrogen-bond donors (Lipinski definition) is 2. The topological polar surface area (TPSA) is 99.5 Å². The van der Waals surface area contributed by atoms with Crippen LogP contribution in [0.1, 0.15) is 24.0 Å². The summed E-state index contributed by atoms with van der Waals surface area (Å²) < 4.78 is 40.4. The molecular formula is C24H26F2N2O6. The number of alkyl halides is 1. The van der Waals surface area contributed by atoms with Crippen LogP contribution < -0.4 is 14.4 Å². The molecule has 2 heterocycles. The van der Waals surface area contributed by atoms with Gasteiger partial charge in [0.1, 0.15) is 35.7 Å². The Hall–Kier alpha value is -3.40. The molecular weight excluding hydrogens is 450 g/mol. The number of aliphatic hydroxyl groups is 1. The van der Waals surface area contributed by atoms with E-state index in [9.17, 15) is 23.5 Å². The lowest BCUT2D eigenvalue weighted by atomic mass is 9.90. The molecule has 2 aromatic rings. The minimum Gasteiger partial charge on any atom is -0.497 e. The van der Waals surface area contributed by atoms with Crippen LogP contribution in [0.5, 0.6) is 11.5 Å². The molecule has 34 heavy (non-hydrogen) atoms. The highest BCUT2D eigenvalue weighted by atomic mass is 19.1. The number of amides is 2. The average molecular weight is 476 g/mol. The molecule has 1 saturated heterocycles. The van der Waals surface area contributed by atoms with Crippen molar-refractivity contribution in [3.63, 3.8) is 0 Å². The van der Waals surface area contributed by atoms with Gasteiger partial charge in [0.2, 0.25) is 5.91 Å². The zero-order chi connectivity index (χ0) is 24.5. The zero-order valence-corrected chi connectivity index (χ0v) is 18.7. The van der Waals surface area contributed by atoms with Crippen molar-refractivity contribution in [1.29, 1.82) is 0 Å². The van der Waals surface area contributed by atoms with Gasteiger partial charge in [0.05, 0.1) is 25.9 Å². The lowest BCUT2D eigenvalue weighted by molar-refractivity contribution is -0.119. The number of benzene rings is 2. The summed E-state index contributed by atoms with van der Waals surface area (Å²) >= 11 is 0. The second-order valence-corrected chi connectivity index (χ2v) is 8.54. The van der Waals surface area contributed by atoms with Crippen LogP contribution >= 0.6 is 0 Å². The summed E-state index contributed by atoms with van der Waals surface area (Å²) in [7, 11) is 1.55.